The van der Waals surface area contributed by atoms with Crippen LogP contribution < -0.4 is 9.47 Å². The Kier molecular flexibility index (Phi) is 6.06. The predicted octanol–water partition coefficient (Wildman–Crippen LogP) is 4.30. The molecule has 0 radical (unpaired) electrons. The summed E-state index contributed by atoms with van der Waals surface area (Å²) < 4.78 is 11.5. The average Bonchev–Trinajstić information content (AvgIpc) is 3.07. The Morgan fingerprint density at radius 2 is 2.04 bits per heavy atom. The van der Waals surface area contributed by atoms with Crippen LogP contribution in [0.1, 0.15) is 29.3 Å². The fourth-order valence-corrected chi connectivity index (χ4v) is 4.72. The third kappa shape index (κ3) is 3.98. The van der Waals surface area contributed by atoms with E-state index in [1.54, 1.807) is 14.2 Å². The fourth-order valence-electron chi connectivity index (χ4n) is 3.50. The van der Waals surface area contributed by atoms with Crippen molar-refractivity contribution >= 4 is 28.9 Å². The lowest BCUT2D eigenvalue weighted by molar-refractivity contribution is -0.143. The summed E-state index contributed by atoms with van der Waals surface area (Å²) in [6.07, 6.45) is 1.58. The van der Waals surface area contributed by atoms with Crippen molar-refractivity contribution in [2.45, 2.75) is 18.9 Å². The van der Waals surface area contributed by atoms with E-state index in [-0.39, 0.29) is 12.0 Å². The second kappa shape index (κ2) is 8.29. The summed E-state index contributed by atoms with van der Waals surface area (Å²) in [5, 5.41) is 9.45. The van der Waals surface area contributed by atoms with Crippen LogP contribution in [0.2, 0.25) is 4.34 Å². The summed E-state index contributed by atoms with van der Waals surface area (Å²) in [6.45, 7) is 1.36. The predicted molar refractivity (Wildman–Crippen MR) is 103 cm³/mol. The Morgan fingerprint density at radius 3 is 2.65 bits per heavy atom. The smallest absolute Gasteiger partial charge is 0.307 e. The highest BCUT2D eigenvalue weighted by Crippen LogP contribution is 2.40. The number of methoxy groups -OCH3 is 2. The number of halogens is 1. The van der Waals surface area contributed by atoms with Crippen LogP contribution in [0.15, 0.2) is 30.3 Å². The molecular weight excluding hydrogens is 374 g/mol. The van der Waals surface area contributed by atoms with E-state index in [0.717, 1.165) is 34.2 Å². The van der Waals surface area contributed by atoms with E-state index >= 15 is 0 Å². The van der Waals surface area contributed by atoms with Crippen molar-refractivity contribution in [1.82, 2.24) is 4.90 Å². The maximum absolute atomic E-state index is 11.5. The van der Waals surface area contributed by atoms with Crippen LogP contribution in [0.4, 0.5) is 0 Å². The number of carboxylic acid groups (broad SMARTS) is 1. The molecule has 140 valence electrons. The van der Waals surface area contributed by atoms with Crippen LogP contribution in [0.5, 0.6) is 11.5 Å². The summed E-state index contributed by atoms with van der Waals surface area (Å²) in [5.74, 6) is 0.248. The molecule has 1 saturated heterocycles. The molecule has 1 aromatic heterocycles. The lowest BCUT2D eigenvalue weighted by Gasteiger charge is -2.37. The molecule has 0 saturated carbocycles. The largest absolute Gasteiger partial charge is 0.493 e. The molecule has 0 amide bonds. The molecule has 2 unspecified atom stereocenters. The number of benzene rings is 1. The van der Waals surface area contributed by atoms with E-state index < -0.39 is 5.97 Å². The molecule has 1 aliphatic heterocycles. The van der Waals surface area contributed by atoms with Gasteiger partial charge in [-0.05, 0) is 49.2 Å². The minimum Gasteiger partial charge on any atom is -0.493 e. The third-order valence-corrected chi connectivity index (χ3v) is 6.04. The van der Waals surface area contributed by atoms with E-state index in [2.05, 4.69) is 4.90 Å². The molecule has 1 aromatic carbocycles. The first-order valence-electron chi connectivity index (χ1n) is 8.47. The highest BCUT2D eigenvalue weighted by atomic mass is 35.5. The Hall–Kier alpha value is -1.76. The zero-order valence-corrected chi connectivity index (χ0v) is 16.3. The Labute approximate surface area is 162 Å². The van der Waals surface area contributed by atoms with E-state index in [1.165, 1.54) is 11.3 Å². The zero-order valence-electron chi connectivity index (χ0n) is 14.8. The quantitative estimate of drug-likeness (QED) is 0.789. The monoisotopic (exact) mass is 395 g/mol. The molecule has 1 fully saturated rings. The first kappa shape index (κ1) is 19.0. The molecule has 0 aliphatic carbocycles. The first-order chi connectivity index (χ1) is 12.5. The van der Waals surface area contributed by atoms with Crippen LogP contribution in [-0.2, 0) is 4.79 Å². The highest BCUT2D eigenvalue weighted by Gasteiger charge is 2.32. The molecule has 0 bridgehead atoms. The van der Waals surface area contributed by atoms with Crippen LogP contribution in [0.3, 0.4) is 0 Å². The summed E-state index contributed by atoms with van der Waals surface area (Å²) in [6, 6.07) is 9.68. The molecule has 2 atom stereocenters. The van der Waals surface area contributed by atoms with Gasteiger partial charge in [0.05, 0.1) is 30.5 Å². The van der Waals surface area contributed by atoms with Gasteiger partial charge in [0.15, 0.2) is 11.5 Å². The van der Waals surface area contributed by atoms with Gasteiger partial charge in [-0.3, -0.25) is 9.69 Å². The Balaban J connectivity index is 2.00. The van der Waals surface area contributed by atoms with Crippen molar-refractivity contribution in [2.75, 3.05) is 27.3 Å². The van der Waals surface area contributed by atoms with Crippen molar-refractivity contribution in [3.63, 3.8) is 0 Å². The van der Waals surface area contributed by atoms with Crippen LogP contribution >= 0.6 is 22.9 Å². The number of aliphatic carboxylic acids is 1. The molecule has 26 heavy (non-hydrogen) atoms. The van der Waals surface area contributed by atoms with E-state index in [1.807, 2.05) is 30.3 Å². The highest BCUT2D eigenvalue weighted by molar-refractivity contribution is 7.16. The minimum absolute atomic E-state index is 0.0607. The SMILES string of the molecule is COc1ccc(C(c2ccc(Cl)s2)N2CCCC(C(=O)O)C2)cc1OC. The van der Waals surface area contributed by atoms with Gasteiger partial charge in [0.1, 0.15) is 0 Å². The molecule has 1 aliphatic rings. The van der Waals surface area contributed by atoms with Gasteiger partial charge >= 0.3 is 5.97 Å². The standard InChI is InChI=1S/C19H22ClNO4S/c1-24-14-6-5-12(10-15(14)25-2)18(16-7-8-17(20)26-16)21-9-3-4-13(11-21)19(22)23/h5-8,10,13,18H,3-4,9,11H2,1-2H3,(H,22,23). The van der Waals surface area contributed by atoms with Gasteiger partial charge < -0.3 is 14.6 Å². The lowest BCUT2D eigenvalue weighted by Crippen LogP contribution is -2.41. The van der Waals surface area contributed by atoms with E-state index in [4.69, 9.17) is 21.1 Å². The maximum atomic E-state index is 11.5. The number of thiophene rings is 1. The summed E-state index contributed by atoms with van der Waals surface area (Å²) >= 11 is 7.70. The molecule has 2 heterocycles. The summed E-state index contributed by atoms with van der Waals surface area (Å²) in [7, 11) is 3.22. The van der Waals surface area contributed by atoms with Gasteiger partial charge in [0, 0.05) is 11.4 Å². The number of ether oxygens (including phenoxy) is 2. The number of piperidine rings is 1. The van der Waals surface area contributed by atoms with Crippen molar-refractivity contribution in [3.8, 4) is 11.5 Å². The van der Waals surface area contributed by atoms with E-state index in [9.17, 15) is 9.90 Å². The van der Waals surface area contributed by atoms with Crippen molar-refractivity contribution in [3.05, 3.63) is 45.1 Å². The first-order valence-corrected chi connectivity index (χ1v) is 9.67. The Morgan fingerprint density at radius 1 is 1.27 bits per heavy atom. The van der Waals surface area contributed by atoms with Crippen LogP contribution in [0.25, 0.3) is 0 Å². The average molecular weight is 396 g/mol. The number of hydrogen-bond donors (Lipinski definition) is 1. The van der Waals surface area contributed by atoms with Gasteiger partial charge in [0.2, 0.25) is 0 Å². The minimum atomic E-state index is -0.732. The van der Waals surface area contributed by atoms with Crippen LogP contribution in [0, 0.1) is 5.92 Å². The van der Waals surface area contributed by atoms with Gasteiger partial charge in [-0.15, -0.1) is 11.3 Å². The summed E-state index contributed by atoms with van der Waals surface area (Å²) in [5.41, 5.74) is 1.03. The topological polar surface area (TPSA) is 59.0 Å². The van der Waals surface area contributed by atoms with Gasteiger partial charge in [0.25, 0.3) is 0 Å². The molecular formula is C19H22ClNO4S. The third-order valence-electron chi connectivity index (χ3n) is 4.75. The second-order valence-corrected chi connectivity index (χ2v) is 8.08. The number of rotatable bonds is 6. The maximum Gasteiger partial charge on any atom is 0.307 e. The molecule has 7 heteroatoms. The zero-order chi connectivity index (χ0) is 18.7. The van der Waals surface area contributed by atoms with Gasteiger partial charge in [-0.1, -0.05) is 17.7 Å². The molecule has 0 spiro atoms. The van der Waals surface area contributed by atoms with E-state index in [0.29, 0.717) is 18.0 Å². The van der Waals surface area contributed by atoms with Gasteiger partial charge in [-0.2, -0.15) is 0 Å². The number of hydrogen-bond acceptors (Lipinski definition) is 5. The van der Waals surface area contributed by atoms with Crippen molar-refractivity contribution in [2.24, 2.45) is 5.92 Å². The number of carboxylic acids is 1. The molecule has 3 rings (SSSR count). The normalized spacial score (nSPS) is 19.1. The summed E-state index contributed by atoms with van der Waals surface area (Å²) in [4.78, 5) is 14.8. The number of likely N-dealkylation sites (tertiary alicyclic amines) is 1. The fraction of sp³-hybridized carbons (Fsp3) is 0.421. The number of carbonyl (C=O) groups is 1. The van der Waals surface area contributed by atoms with Crippen molar-refractivity contribution < 1.29 is 19.4 Å². The molecule has 2 aromatic rings. The second-order valence-electron chi connectivity index (χ2n) is 6.33. The lowest BCUT2D eigenvalue weighted by atomic mass is 9.94. The Bertz CT molecular complexity index is 779. The molecule has 5 nitrogen and oxygen atoms in total. The van der Waals surface area contributed by atoms with Crippen molar-refractivity contribution in [1.29, 1.82) is 0 Å². The van der Waals surface area contributed by atoms with Crippen LogP contribution in [-0.4, -0.2) is 43.3 Å². The van der Waals surface area contributed by atoms with Gasteiger partial charge in [-0.25, -0.2) is 0 Å². The molecule has 1 N–H and O–H groups in total. The number of nitrogens with zero attached hydrogens (tertiary/aromatic N) is 1.